The van der Waals surface area contributed by atoms with Gasteiger partial charge in [-0.05, 0) is 6.07 Å². The Bertz CT molecular complexity index is 382. The molecule has 74 valence electrons. The van der Waals surface area contributed by atoms with E-state index in [1.807, 2.05) is 19.3 Å². The van der Waals surface area contributed by atoms with Crippen LogP contribution in [0.4, 0.5) is 5.13 Å². The van der Waals surface area contributed by atoms with Crippen LogP contribution in [0.5, 0.6) is 0 Å². The SMILES string of the molecule is Cn1ccc(CNc2nc(Cl)cs2)n1. The lowest BCUT2D eigenvalue weighted by Crippen LogP contribution is -2.00. The molecule has 0 aliphatic carbocycles. The van der Waals surface area contributed by atoms with Crippen molar-refractivity contribution in [1.29, 1.82) is 0 Å². The van der Waals surface area contributed by atoms with E-state index < -0.39 is 0 Å². The number of aryl methyl sites for hydroxylation is 1. The van der Waals surface area contributed by atoms with Gasteiger partial charge in [-0.3, -0.25) is 4.68 Å². The summed E-state index contributed by atoms with van der Waals surface area (Å²) >= 11 is 7.17. The number of thiazole rings is 1. The molecule has 14 heavy (non-hydrogen) atoms. The van der Waals surface area contributed by atoms with Gasteiger partial charge in [0, 0.05) is 18.6 Å². The predicted molar refractivity (Wildman–Crippen MR) is 57.7 cm³/mol. The highest BCUT2D eigenvalue weighted by Crippen LogP contribution is 2.19. The molecule has 6 heteroatoms. The third kappa shape index (κ3) is 2.24. The number of nitrogens with one attached hydrogen (secondary N) is 1. The Morgan fingerprint density at radius 2 is 2.50 bits per heavy atom. The fourth-order valence-electron chi connectivity index (χ4n) is 1.06. The van der Waals surface area contributed by atoms with Gasteiger partial charge in [0.2, 0.25) is 0 Å². The number of rotatable bonds is 3. The zero-order valence-electron chi connectivity index (χ0n) is 7.57. The molecule has 2 rings (SSSR count). The number of aromatic nitrogens is 3. The Morgan fingerprint density at radius 1 is 1.64 bits per heavy atom. The molecule has 2 heterocycles. The summed E-state index contributed by atoms with van der Waals surface area (Å²) in [5.41, 5.74) is 0.985. The van der Waals surface area contributed by atoms with Crippen molar-refractivity contribution in [3.8, 4) is 0 Å². The summed E-state index contributed by atoms with van der Waals surface area (Å²) in [6.07, 6.45) is 1.91. The van der Waals surface area contributed by atoms with Crippen molar-refractivity contribution in [3.05, 3.63) is 28.5 Å². The highest BCUT2D eigenvalue weighted by Gasteiger charge is 2.00. The van der Waals surface area contributed by atoms with Crippen LogP contribution in [0.1, 0.15) is 5.69 Å². The minimum absolute atomic E-state index is 0.526. The Labute approximate surface area is 90.5 Å². The van der Waals surface area contributed by atoms with Crippen molar-refractivity contribution >= 4 is 28.1 Å². The van der Waals surface area contributed by atoms with E-state index in [0.29, 0.717) is 11.7 Å². The van der Waals surface area contributed by atoms with Crippen LogP contribution < -0.4 is 5.32 Å². The average Bonchev–Trinajstić information content (AvgIpc) is 2.72. The minimum atomic E-state index is 0.526. The van der Waals surface area contributed by atoms with Gasteiger partial charge in [0.15, 0.2) is 5.13 Å². The molecule has 2 aromatic heterocycles. The Kier molecular flexibility index (Phi) is 2.69. The van der Waals surface area contributed by atoms with Crippen molar-refractivity contribution in [2.75, 3.05) is 5.32 Å². The van der Waals surface area contributed by atoms with Gasteiger partial charge in [-0.2, -0.15) is 5.10 Å². The molecule has 0 bridgehead atoms. The van der Waals surface area contributed by atoms with Gasteiger partial charge in [-0.15, -0.1) is 11.3 Å². The first-order valence-corrected chi connectivity index (χ1v) is 5.33. The van der Waals surface area contributed by atoms with Crippen LogP contribution in [0.25, 0.3) is 0 Å². The van der Waals surface area contributed by atoms with Gasteiger partial charge < -0.3 is 5.32 Å². The quantitative estimate of drug-likeness (QED) is 0.876. The van der Waals surface area contributed by atoms with Crippen LogP contribution in [0.3, 0.4) is 0 Å². The van der Waals surface area contributed by atoms with E-state index >= 15 is 0 Å². The molecule has 4 nitrogen and oxygen atoms in total. The largest absolute Gasteiger partial charge is 0.356 e. The van der Waals surface area contributed by atoms with Gasteiger partial charge in [0.25, 0.3) is 0 Å². The summed E-state index contributed by atoms with van der Waals surface area (Å²) in [6, 6.07) is 1.96. The van der Waals surface area contributed by atoms with Gasteiger partial charge in [-0.25, -0.2) is 4.98 Å². The topological polar surface area (TPSA) is 42.7 Å². The first-order valence-electron chi connectivity index (χ1n) is 4.07. The standard InChI is InChI=1S/C8H9ClN4S/c1-13-3-2-6(12-13)4-10-8-11-7(9)5-14-8/h2-3,5H,4H2,1H3,(H,10,11). The number of hydrogen-bond acceptors (Lipinski definition) is 4. The molecule has 0 saturated heterocycles. The van der Waals surface area contributed by atoms with Crippen LogP contribution >= 0.6 is 22.9 Å². The van der Waals surface area contributed by atoms with Crippen LogP contribution in [0.2, 0.25) is 5.15 Å². The summed E-state index contributed by atoms with van der Waals surface area (Å²) in [4.78, 5) is 4.07. The molecule has 0 unspecified atom stereocenters. The average molecular weight is 229 g/mol. The van der Waals surface area contributed by atoms with E-state index in [-0.39, 0.29) is 0 Å². The van der Waals surface area contributed by atoms with E-state index in [1.165, 1.54) is 11.3 Å². The van der Waals surface area contributed by atoms with Crippen molar-refractivity contribution in [3.63, 3.8) is 0 Å². The molecule has 0 atom stereocenters. The fraction of sp³-hybridized carbons (Fsp3) is 0.250. The molecule has 2 aromatic rings. The maximum absolute atomic E-state index is 5.69. The van der Waals surface area contributed by atoms with Gasteiger partial charge in [0.05, 0.1) is 12.2 Å². The number of anilines is 1. The second kappa shape index (κ2) is 3.98. The van der Waals surface area contributed by atoms with Crippen molar-refractivity contribution in [1.82, 2.24) is 14.8 Å². The molecule has 0 aromatic carbocycles. The molecular weight excluding hydrogens is 220 g/mol. The molecule has 0 amide bonds. The monoisotopic (exact) mass is 228 g/mol. The van der Waals surface area contributed by atoms with Gasteiger partial charge >= 0.3 is 0 Å². The second-order valence-corrected chi connectivity index (χ2v) is 4.06. The third-order valence-corrected chi connectivity index (χ3v) is 2.79. The first kappa shape index (κ1) is 9.48. The van der Waals surface area contributed by atoms with E-state index in [1.54, 1.807) is 10.1 Å². The highest BCUT2D eigenvalue weighted by molar-refractivity contribution is 7.14. The summed E-state index contributed by atoms with van der Waals surface area (Å²) in [5.74, 6) is 0. The fourth-order valence-corrected chi connectivity index (χ4v) is 1.90. The predicted octanol–water partition coefficient (Wildman–Crippen LogP) is 2.14. The summed E-state index contributed by atoms with van der Waals surface area (Å²) in [7, 11) is 1.89. The molecule has 0 radical (unpaired) electrons. The summed E-state index contributed by atoms with van der Waals surface area (Å²) in [6.45, 7) is 0.671. The molecule has 0 aliphatic heterocycles. The highest BCUT2D eigenvalue weighted by atomic mass is 35.5. The Morgan fingerprint density at radius 3 is 3.07 bits per heavy atom. The van der Waals surface area contributed by atoms with E-state index in [4.69, 9.17) is 11.6 Å². The number of halogens is 1. The van der Waals surface area contributed by atoms with Crippen molar-refractivity contribution < 1.29 is 0 Å². The Balaban J connectivity index is 1.94. The van der Waals surface area contributed by atoms with E-state index in [0.717, 1.165) is 10.8 Å². The molecular formula is C8H9ClN4S. The zero-order chi connectivity index (χ0) is 9.97. The van der Waals surface area contributed by atoms with Gasteiger partial charge in [-0.1, -0.05) is 11.6 Å². The maximum atomic E-state index is 5.69. The van der Waals surface area contributed by atoms with Gasteiger partial charge in [0.1, 0.15) is 5.15 Å². The zero-order valence-corrected chi connectivity index (χ0v) is 9.14. The molecule has 1 N–H and O–H groups in total. The van der Waals surface area contributed by atoms with Crippen molar-refractivity contribution in [2.24, 2.45) is 7.05 Å². The smallest absolute Gasteiger partial charge is 0.184 e. The number of hydrogen-bond donors (Lipinski definition) is 1. The first-order chi connectivity index (χ1) is 6.74. The lowest BCUT2D eigenvalue weighted by molar-refractivity contribution is 0.747. The minimum Gasteiger partial charge on any atom is -0.356 e. The summed E-state index contributed by atoms with van der Waals surface area (Å²) in [5, 5.41) is 10.5. The lowest BCUT2D eigenvalue weighted by Gasteiger charge is -1.97. The molecule has 0 fully saturated rings. The van der Waals surface area contributed by atoms with Crippen LogP contribution in [-0.4, -0.2) is 14.8 Å². The van der Waals surface area contributed by atoms with E-state index in [9.17, 15) is 0 Å². The maximum Gasteiger partial charge on any atom is 0.184 e. The third-order valence-electron chi connectivity index (χ3n) is 1.67. The molecule has 0 aliphatic rings. The molecule has 0 spiro atoms. The number of nitrogens with zero attached hydrogens (tertiary/aromatic N) is 3. The van der Waals surface area contributed by atoms with Crippen molar-refractivity contribution in [2.45, 2.75) is 6.54 Å². The van der Waals surface area contributed by atoms with E-state index in [2.05, 4.69) is 15.4 Å². The lowest BCUT2D eigenvalue weighted by atomic mass is 10.4. The normalized spacial score (nSPS) is 10.4. The molecule has 0 saturated carbocycles. The second-order valence-electron chi connectivity index (χ2n) is 2.81. The summed E-state index contributed by atoms with van der Waals surface area (Å²) < 4.78 is 1.77. The van der Waals surface area contributed by atoms with Crippen LogP contribution in [0.15, 0.2) is 17.6 Å². The van der Waals surface area contributed by atoms with Crippen LogP contribution in [-0.2, 0) is 13.6 Å². The van der Waals surface area contributed by atoms with Crippen LogP contribution in [0, 0.1) is 0 Å². The Hall–Kier alpha value is -1.07.